The van der Waals surface area contributed by atoms with E-state index in [1.54, 1.807) is 66.7 Å². The third-order valence-electron chi connectivity index (χ3n) is 3.80. The van der Waals surface area contributed by atoms with Gasteiger partial charge in [0.15, 0.2) is 0 Å². The summed E-state index contributed by atoms with van der Waals surface area (Å²) in [6.45, 7) is 1.40. The molecule has 3 rings (SSSR count). The summed E-state index contributed by atoms with van der Waals surface area (Å²) in [5, 5.41) is 7.98. The molecule has 0 unspecified atom stereocenters. The largest absolute Gasteiger partial charge is 0.465 e. The molecule has 3 amide bonds. The van der Waals surface area contributed by atoms with E-state index in [4.69, 9.17) is 4.42 Å². The molecule has 0 atom stereocenters. The molecule has 7 heteroatoms. The fourth-order valence-corrected chi connectivity index (χ4v) is 2.53. The van der Waals surface area contributed by atoms with E-state index in [1.807, 2.05) is 0 Å². The fourth-order valence-electron chi connectivity index (χ4n) is 2.53. The van der Waals surface area contributed by atoms with E-state index in [9.17, 15) is 14.4 Å². The molecule has 0 saturated heterocycles. The lowest BCUT2D eigenvalue weighted by Crippen LogP contribution is -2.30. The number of anilines is 2. The van der Waals surface area contributed by atoms with Crippen LogP contribution in [0.3, 0.4) is 0 Å². The van der Waals surface area contributed by atoms with Crippen molar-refractivity contribution in [2.45, 2.75) is 6.92 Å². The summed E-state index contributed by atoms with van der Waals surface area (Å²) in [6, 6.07) is 18.6. The summed E-state index contributed by atoms with van der Waals surface area (Å²) in [5.41, 5.74) is 1.43. The second-order valence-electron chi connectivity index (χ2n) is 6.11. The zero-order valence-electron chi connectivity index (χ0n) is 15.6. The molecule has 0 bridgehead atoms. The molecule has 2 aromatic carbocycles. The van der Waals surface area contributed by atoms with Crippen LogP contribution in [0.4, 0.5) is 11.4 Å². The van der Waals surface area contributed by atoms with Gasteiger partial charge < -0.3 is 20.4 Å². The van der Waals surface area contributed by atoms with Gasteiger partial charge in [-0.1, -0.05) is 24.3 Å². The smallest absolute Gasteiger partial charge is 0.272 e. The van der Waals surface area contributed by atoms with Gasteiger partial charge in [-0.3, -0.25) is 14.4 Å². The van der Waals surface area contributed by atoms with Gasteiger partial charge in [-0.2, -0.15) is 0 Å². The van der Waals surface area contributed by atoms with Crippen molar-refractivity contribution in [1.29, 1.82) is 0 Å². The predicted octanol–water partition coefficient (Wildman–Crippen LogP) is 3.65. The highest BCUT2D eigenvalue weighted by Crippen LogP contribution is 2.16. The first-order valence-electron chi connectivity index (χ1n) is 8.82. The molecule has 1 aromatic heterocycles. The molecule has 0 fully saturated rings. The van der Waals surface area contributed by atoms with Crippen LogP contribution in [0.5, 0.6) is 0 Å². The van der Waals surface area contributed by atoms with E-state index in [0.29, 0.717) is 22.7 Å². The van der Waals surface area contributed by atoms with E-state index in [-0.39, 0.29) is 11.6 Å². The van der Waals surface area contributed by atoms with Crippen LogP contribution in [0.25, 0.3) is 6.08 Å². The summed E-state index contributed by atoms with van der Waals surface area (Å²) in [7, 11) is 0. The lowest BCUT2D eigenvalue weighted by molar-refractivity contribution is -0.114. The highest BCUT2D eigenvalue weighted by molar-refractivity contribution is 6.10. The Labute approximate surface area is 167 Å². The highest BCUT2D eigenvalue weighted by atomic mass is 16.3. The number of carbonyl (C=O) groups excluding carboxylic acids is 3. The van der Waals surface area contributed by atoms with E-state index < -0.39 is 11.8 Å². The Kier molecular flexibility index (Phi) is 6.22. The summed E-state index contributed by atoms with van der Waals surface area (Å²) in [6.07, 6.45) is 2.91. The summed E-state index contributed by atoms with van der Waals surface area (Å²) in [4.78, 5) is 36.5. The maximum absolute atomic E-state index is 12.8. The summed E-state index contributed by atoms with van der Waals surface area (Å²) >= 11 is 0. The first-order valence-corrected chi connectivity index (χ1v) is 8.82. The Morgan fingerprint density at radius 3 is 2.24 bits per heavy atom. The van der Waals surface area contributed by atoms with Crippen molar-refractivity contribution in [2.75, 3.05) is 10.6 Å². The van der Waals surface area contributed by atoms with Gasteiger partial charge in [0, 0.05) is 29.9 Å². The van der Waals surface area contributed by atoms with Gasteiger partial charge in [0.1, 0.15) is 11.5 Å². The number of amides is 3. The molecule has 0 aliphatic heterocycles. The standard InChI is InChI=1S/C22H19N3O4/c1-15(26)23-17-9-5-10-18(13-17)24-22(28)20(14-19-11-6-12-29-19)25-21(27)16-7-3-2-4-8-16/h2-14H,1H3,(H,23,26)(H,24,28)(H,25,27)/b20-14-. The molecule has 0 spiro atoms. The first-order chi connectivity index (χ1) is 14.0. The quantitative estimate of drug-likeness (QED) is 0.560. The Hall–Kier alpha value is -4.13. The minimum absolute atomic E-state index is 0.0127. The Morgan fingerprint density at radius 1 is 0.862 bits per heavy atom. The van der Waals surface area contributed by atoms with Crippen LogP contribution in [0.2, 0.25) is 0 Å². The van der Waals surface area contributed by atoms with Crippen molar-refractivity contribution in [3.05, 3.63) is 90.0 Å². The topological polar surface area (TPSA) is 100 Å². The van der Waals surface area contributed by atoms with Gasteiger partial charge in [-0.15, -0.1) is 0 Å². The third-order valence-corrected chi connectivity index (χ3v) is 3.80. The van der Waals surface area contributed by atoms with Crippen LogP contribution < -0.4 is 16.0 Å². The van der Waals surface area contributed by atoms with Crippen molar-refractivity contribution in [1.82, 2.24) is 5.32 Å². The maximum atomic E-state index is 12.8. The Bertz CT molecular complexity index is 1040. The fraction of sp³-hybridized carbons (Fsp3) is 0.0455. The van der Waals surface area contributed by atoms with Crippen LogP contribution in [-0.2, 0) is 9.59 Å². The molecule has 1 heterocycles. The molecule has 146 valence electrons. The number of nitrogens with one attached hydrogen (secondary N) is 3. The zero-order valence-corrected chi connectivity index (χ0v) is 15.6. The summed E-state index contributed by atoms with van der Waals surface area (Å²) < 4.78 is 5.26. The lowest BCUT2D eigenvalue weighted by atomic mass is 10.2. The molecule has 0 saturated carbocycles. The highest BCUT2D eigenvalue weighted by Gasteiger charge is 2.16. The number of rotatable bonds is 6. The van der Waals surface area contributed by atoms with Crippen LogP contribution in [0.15, 0.2) is 83.1 Å². The van der Waals surface area contributed by atoms with Gasteiger partial charge in [0.05, 0.1) is 6.26 Å². The number of carbonyl (C=O) groups is 3. The van der Waals surface area contributed by atoms with E-state index in [0.717, 1.165) is 0 Å². The molecule has 0 radical (unpaired) electrons. The molecule has 0 aliphatic rings. The molecule has 0 aliphatic carbocycles. The predicted molar refractivity (Wildman–Crippen MR) is 110 cm³/mol. The van der Waals surface area contributed by atoms with E-state index >= 15 is 0 Å². The molecule has 29 heavy (non-hydrogen) atoms. The van der Waals surface area contributed by atoms with Crippen LogP contribution >= 0.6 is 0 Å². The number of benzene rings is 2. The van der Waals surface area contributed by atoms with Gasteiger partial charge in [0.25, 0.3) is 11.8 Å². The molecule has 3 N–H and O–H groups in total. The minimum atomic E-state index is -0.536. The SMILES string of the molecule is CC(=O)Nc1cccc(NC(=O)/C(=C/c2ccco2)NC(=O)c2ccccc2)c1. The second kappa shape index (κ2) is 9.18. The average Bonchev–Trinajstić information content (AvgIpc) is 3.21. The van der Waals surface area contributed by atoms with Gasteiger partial charge in [-0.05, 0) is 42.5 Å². The van der Waals surface area contributed by atoms with Crippen molar-refractivity contribution in [3.63, 3.8) is 0 Å². The van der Waals surface area contributed by atoms with E-state index in [2.05, 4.69) is 16.0 Å². The molecule has 7 nitrogen and oxygen atoms in total. The number of furan rings is 1. The Balaban J connectivity index is 1.81. The lowest BCUT2D eigenvalue weighted by Gasteiger charge is -2.12. The van der Waals surface area contributed by atoms with E-state index in [1.165, 1.54) is 19.3 Å². The minimum Gasteiger partial charge on any atom is -0.465 e. The van der Waals surface area contributed by atoms with Gasteiger partial charge >= 0.3 is 0 Å². The Morgan fingerprint density at radius 2 is 1.59 bits per heavy atom. The monoisotopic (exact) mass is 389 g/mol. The first kappa shape index (κ1) is 19.6. The van der Waals surface area contributed by atoms with Crippen LogP contribution in [0, 0.1) is 0 Å². The zero-order chi connectivity index (χ0) is 20.6. The average molecular weight is 389 g/mol. The maximum Gasteiger partial charge on any atom is 0.272 e. The number of hydrogen-bond acceptors (Lipinski definition) is 4. The molecular weight excluding hydrogens is 370 g/mol. The normalized spacial score (nSPS) is 10.9. The van der Waals surface area contributed by atoms with Crippen LogP contribution in [-0.4, -0.2) is 17.7 Å². The van der Waals surface area contributed by atoms with Crippen LogP contribution in [0.1, 0.15) is 23.0 Å². The third kappa shape index (κ3) is 5.67. The van der Waals surface area contributed by atoms with Crippen molar-refractivity contribution < 1.29 is 18.8 Å². The van der Waals surface area contributed by atoms with Gasteiger partial charge in [0.2, 0.25) is 5.91 Å². The van der Waals surface area contributed by atoms with Crippen molar-refractivity contribution >= 4 is 35.2 Å². The summed E-state index contributed by atoms with van der Waals surface area (Å²) in [5.74, 6) is -0.770. The molecular formula is C22H19N3O4. The molecule has 3 aromatic rings. The number of hydrogen-bond donors (Lipinski definition) is 3. The second-order valence-corrected chi connectivity index (χ2v) is 6.11. The van der Waals surface area contributed by atoms with Crippen molar-refractivity contribution in [2.24, 2.45) is 0 Å². The van der Waals surface area contributed by atoms with Gasteiger partial charge in [-0.25, -0.2) is 0 Å². The van der Waals surface area contributed by atoms with Crippen molar-refractivity contribution in [3.8, 4) is 0 Å².